The van der Waals surface area contributed by atoms with Gasteiger partial charge in [0.25, 0.3) is 0 Å². The summed E-state index contributed by atoms with van der Waals surface area (Å²) in [4.78, 5) is 29.5. The lowest BCUT2D eigenvalue weighted by molar-refractivity contribution is -0.138. The van der Waals surface area contributed by atoms with Crippen LogP contribution in [0.4, 0.5) is 4.79 Å². The molecule has 0 heterocycles. The van der Waals surface area contributed by atoms with Crippen LogP contribution in [0.2, 0.25) is 0 Å². The molecule has 0 saturated carbocycles. The summed E-state index contributed by atoms with van der Waals surface area (Å²) < 4.78 is 14.2. The number of hydrogen-bond acceptors (Lipinski definition) is 6. The van der Waals surface area contributed by atoms with E-state index in [-0.39, 0.29) is 6.61 Å². The lowest BCUT2D eigenvalue weighted by Gasteiger charge is -2.05. The van der Waals surface area contributed by atoms with Gasteiger partial charge in [0.15, 0.2) is 0 Å². The molecule has 3 N–H and O–H groups in total. The molecular weight excluding hydrogens is 330 g/mol. The number of hydrogen-bond donors (Lipinski definition) is 2. The topological polar surface area (TPSA) is 125 Å². The van der Waals surface area contributed by atoms with E-state index in [2.05, 4.69) is 23.6 Å². The summed E-state index contributed by atoms with van der Waals surface area (Å²) in [5.41, 5.74) is 4.54. The monoisotopic (exact) mass is 353 g/mol. The summed E-state index contributed by atoms with van der Waals surface area (Å²) in [5, 5.41) is 7.60. The summed E-state index contributed by atoms with van der Waals surface area (Å²) in [6.07, 6.45) is 1.25. The van der Waals surface area contributed by atoms with Crippen molar-refractivity contribution in [2.45, 2.75) is 6.92 Å². The fourth-order valence-electron chi connectivity index (χ4n) is 1.02. The molecule has 0 aliphatic heterocycles. The van der Waals surface area contributed by atoms with E-state index in [0.717, 1.165) is 17.9 Å². The zero-order chi connectivity index (χ0) is 19.5. The van der Waals surface area contributed by atoms with Gasteiger partial charge in [-0.15, -0.1) is 0 Å². The summed E-state index contributed by atoms with van der Waals surface area (Å²) in [7, 11) is 0. The minimum atomic E-state index is -0.981. The highest BCUT2D eigenvalue weighted by Crippen LogP contribution is 2.07. The molecule has 138 valence electrons. The molecule has 25 heavy (non-hydrogen) atoms. The number of rotatable bonds is 7. The predicted octanol–water partition coefficient (Wildman–Crippen LogP) is 2.15. The van der Waals surface area contributed by atoms with Crippen molar-refractivity contribution < 1.29 is 33.7 Å². The summed E-state index contributed by atoms with van der Waals surface area (Å²) in [5.74, 6) is -0.645. The molecule has 0 radical (unpaired) electrons. The van der Waals surface area contributed by atoms with Crippen molar-refractivity contribution in [3.63, 3.8) is 0 Å². The molecule has 0 aliphatic carbocycles. The Morgan fingerprint density at radius 3 is 2.00 bits per heavy atom. The van der Waals surface area contributed by atoms with Crippen LogP contribution >= 0.6 is 0 Å². The Bertz CT molecular complexity index is 529. The molecule has 0 atom stereocenters. The van der Waals surface area contributed by atoms with Gasteiger partial charge < -0.3 is 25.1 Å². The molecule has 0 aliphatic rings. The zero-order valence-corrected chi connectivity index (χ0v) is 14.1. The number of carbonyl (C=O) groups excluding carboxylic acids is 2. The van der Waals surface area contributed by atoms with Crippen molar-refractivity contribution in [2.24, 2.45) is 5.73 Å². The first-order chi connectivity index (χ1) is 11.9. The first-order valence-corrected chi connectivity index (χ1v) is 7.11. The normalized spacial score (nSPS) is 8.20. The molecule has 8 heteroatoms. The van der Waals surface area contributed by atoms with Gasteiger partial charge in [-0.25, -0.2) is 14.4 Å². The maximum atomic E-state index is 10.6. The van der Waals surface area contributed by atoms with Gasteiger partial charge >= 0.3 is 18.0 Å². The van der Waals surface area contributed by atoms with Crippen LogP contribution in [0.1, 0.15) is 6.92 Å². The number of para-hydroxylation sites is 1. The van der Waals surface area contributed by atoms with Gasteiger partial charge in [-0.1, -0.05) is 31.4 Å². The predicted molar refractivity (Wildman–Crippen MR) is 92.1 cm³/mol. The van der Waals surface area contributed by atoms with Crippen molar-refractivity contribution in [3.05, 3.63) is 55.6 Å². The van der Waals surface area contributed by atoms with Gasteiger partial charge in [-0.05, 0) is 19.1 Å². The molecule has 1 rings (SSSR count). The van der Waals surface area contributed by atoms with Crippen LogP contribution < -0.4 is 10.5 Å². The highest BCUT2D eigenvalue weighted by molar-refractivity contribution is 5.81. The smallest absolute Gasteiger partial charge is 0.404 e. The fraction of sp³-hybridized carbons (Fsp3) is 0.235. The Labute approximate surface area is 146 Å². The van der Waals surface area contributed by atoms with Crippen LogP contribution in [-0.2, 0) is 19.1 Å². The zero-order valence-electron chi connectivity index (χ0n) is 14.1. The number of carboxylic acid groups (broad SMARTS) is 1. The molecule has 0 unspecified atom stereocenters. The highest BCUT2D eigenvalue weighted by Gasteiger charge is 1.95. The Balaban J connectivity index is 0. The minimum absolute atomic E-state index is 0.236. The van der Waals surface area contributed by atoms with E-state index in [1.807, 2.05) is 30.3 Å². The van der Waals surface area contributed by atoms with E-state index in [9.17, 15) is 14.4 Å². The van der Waals surface area contributed by atoms with E-state index >= 15 is 0 Å². The Hall–Kier alpha value is -3.29. The second kappa shape index (κ2) is 17.1. The van der Waals surface area contributed by atoms with Crippen molar-refractivity contribution in [2.75, 3.05) is 19.8 Å². The van der Waals surface area contributed by atoms with E-state index in [1.54, 1.807) is 6.92 Å². The molecule has 0 bridgehead atoms. The average Bonchev–Trinajstić information content (AvgIpc) is 2.60. The number of aliphatic carboxylic acids is 1. The van der Waals surface area contributed by atoms with E-state index in [1.165, 1.54) is 0 Å². The maximum Gasteiger partial charge on any atom is 0.404 e. The van der Waals surface area contributed by atoms with Crippen molar-refractivity contribution >= 4 is 18.0 Å². The van der Waals surface area contributed by atoms with Gasteiger partial charge in [0.1, 0.15) is 19.0 Å². The van der Waals surface area contributed by atoms with Crippen molar-refractivity contribution in [1.82, 2.24) is 0 Å². The highest BCUT2D eigenvalue weighted by atomic mass is 16.6. The van der Waals surface area contributed by atoms with Gasteiger partial charge in [-0.2, -0.15) is 0 Å². The maximum absolute atomic E-state index is 10.6. The van der Waals surface area contributed by atoms with Gasteiger partial charge in [0.2, 0.25) is 0 Å². The molecule has 0 spiro atoms. The summed E-state index contributed by atoms with van der Waals surface area (Å²) in [6, 6.07) is 9.35. The molecule has 1 aromatic carbocycles. The van der Waals surface area contributed by atoms with Crippen LogP contribution in [0.25, 0.3) is 0 Å². The molecule has 0 aromatic heterocycles. The first-order valence-electron chi connectivity index (χ1n) is 7.11. The molecule has 8 nitrogen and oxygen atoms in total. The molecule has 1 aromatic rings. The molecule has 1 amide bonds. The lowest BCUT2D eigenvalue weighted by Crippen LogP contribution is -2.11. The third-order valence-electron chi connectivity index (χ3n) is 1.97. The number of carboxylic acids is 1. The number of esters is 1. The van der Waals surface area contributed by atoms with Crippen LogP contribution in [0.5, 0.6) is 5.75 Å². The number of amides is 1. The number of ether oxygens (including phenoxy) is 3. The molecule has 0 fully saturated rings. The quantitative estimate of drug-likeness (QED) is 0.437. The largest absolute Gasteiger partial charge is 0.490 e. The number of primary amides is 1. The Morgan fingerprint density at radius 2 is 1.64 bits per heavy atom. The third kappa shape index (κ3) is 20.7. The third-order valence-corrected chi connectivity index (χ3v) is 1.97. The molecular formula is C17H23NO7. The number of benzene rings is 1. The minimum Gasteiger partial charge on any atom is -0.490 e. The van der Waals surface area contributed by atoms with Crippen molar-refractivity contribution in [1.29, 1.82) is 0 Å². The number of nitrogens with two attached hydrogens (primary N) is 1. The van der Waals surface area contributed by atoms with Gasteiger partial charge in [0.05, 0.1) is 6.61 Å². The number of carbonyl (C=O) groups is 3. The summed E-state index contributed by atoms with van der Waals surface area (Å²) in [6.45, 7) is 8.89. The summed E-state index contributed by atoms with van der Waals surface area (Å²) >= 11 is 0. The van der Waals surface area contributed by atoms with Crippen LogP contribution in [0.3, 0.4) is 0 Å². The van der Waals surface area contributed by atoms with Gasteiger partial charge in [0, 0.05) is 12.2 Å². The SMILES string of the molecule is C=CC(=O)O.C=CC(=O)OCCOc1ccccc1.CCOC(N)=O. The van der Waals surface area contributed by atoms with E-state index in [0.29, 0.717) is 13.2 Å². The lowest BCUT2D eigenvalue weighted by atomic mass is 10.3. The van der Waals surface area contributed by atoms with Crippen molar-refractivity contribution in [3.8, 4) is 5.75 Å². The standard InChI is InChI=1S/C11H12O3.C3H7NO2.C3H4O2/c1-2-11(12)14-9-8-13-10-6-4-3-5-7-10;1-2-6-3(4)5;1-2-3(4)5/h2-7H,1,8-9H2;2H2,1H3,(H2,4,5);2H,1H2,(H,4,5). The average molecular weight is 353 g/mol. The van der Waals surface area contributed by atoms with Crippen LogP contribution in [0, 0.1) is 0 Å². The van der Waals surface area contributed by atoms with E-state index in [4.69, 9.17) is 14.6 Å². The Morgan fingerprint density at radius 1 is 1.08 bits per heavy atom. The first kappa shape index (κ1) is 24.0. The second-order valence-electron chi connectivity index (χ2n) is 3.83. The second-order valence-corrected chi connectivity index (χ2v) is 3.83. The van der Waals surface area contributed by atoms with Gasteiger partial charge in [-0.3, -0.25) is 0 Å². The van der Waals surface area contributed by atoms with Crippen LogP contribution in [-0.4, -0.2) is 43.0 Å². The van der Waals surface area contributed by atoms with Crippen LogP contribution in [0.15, 0.2) is 55.6 Å². The Kier molecular flexibility index (Phi) is 16.4. The molecule has 0 saturated heterocycles. The fourth-order valence-corrected chi connectivity index (χ4v) is 1.02. The van der Waals surface area contributed by atoms with E-state index < -0.39 is 18.0 Å².